The van der Waals surface area contributed by atoms with E-state index in [-0.39, 0.29) is 11.3 Å². The lowest BCUT2D eigenvalue weighted by atomic mass is 9.96. The van der Waals surface area contributed by atoms with Gasteiger partial charge in [-0.3, -0.25) is 14.6 Å². The van der Waals surface area contributed by atoms with Crippen molar-refractivity contribution in [3.63, 3.8) is 0 Å². The topological polar surface area (TPSA) is 83.0 Å². The predicted octanol–water partition coefficient (Wildman–Crippen LogP) is 3.95. The lowest BCUT2D eigenvalue weighted by Crippen LogP contribution is -2.35. The first-order chi connectivity index (χ1) is 16.8. The number of aromatic nitrogens is 1. The van der Waals surface area contributed by atoms with E-state index in [1.165, 1.54) is 4.90 Å². The van der Waals surface area contributed by atoms with Gasteiger partial charge in [0.05, 0.1) is 11.6 Å². The Balaban J connectivity index is 1.62. The molecule has 1 N–H and O–H groups in total. The summed E-state index contributed by atoms with van der Waals surface area (Å²) in [5.74, 6) is -0.876. The molecule has 1 aliphatic heterocycles. The fourth-order valence-electron chi connectivity index (χ4n) is 4.14. The van der Waals surface area contributed by atoms with Crippen LogP contribution in [-0.2, 0) is 16.2 Å². The van der Waals surface area contributed by atoms with Crippen molar-refractivity contribution in [3.8, 4) is 5.75 Å². The van der Waals surface area contributed by atoms with E-state index in [0.717, 1.165) is 16.7 Å². The Bertz CT molecular complexity index is 1240. The Labute approximate surface area is 205 Å². The standard InChI is InChI=1S/C28H29N3O4/c1-19-5-4-6-20(17-19)18-35-23-9-7-22(8-10-23)26(32)24-25(21-11-13-29-14-12-21)31(16-15-30(2)3)28(34)27(24)33/h4-14,17,25,32H,15-16,18H2,1-3H3/b26-24-. The minimum Gasteiger partial charge on any atom is -0.507 e. The minimum absolute atomic E-state index is 0.0772. The molecular formula is C28H29N3O4. The molecule has 0 aliphatic carbocycles. The number of hydrogen-bond donors (Lipinski definition) is 1. The second-order valence-corrected chi connectivity index (χ2v) is 8.88. The number of ether oxygens (including phenoxy) is 1. The van der Waals surface area contributed by atoms with Crippen molar-refractivity contribution < 1.29 is 19.4 Å². The summed E-state index contributed by atoms with van der Waals surface area (Å²) in [6, 6.07) is 17.8. The smallest absolute Gasteiger partial charge is 0.295 e. The average molecular weight is 472 g/mol. The molecule has 0 radical (unpaired) electrons. The number of rotatable bonds is 8. The van der Waals surface area contributed by atoms with Gasteiger partial charge in [0, 0.05) is 31.0 Å². The van der Waals surface area contributed by atoms with Crippen LogP contribution < -0.4 is 4.74 Å². The number of benzene rings is 2. The minimum atomic E-state index is -0.692. The first kappa shape index (κ1) is 24.2. The highest BCUT2D eigenvalue weighted by atomic mass is 16.5. The number of aryl methyl sites for hydroxylation is 1. The molecule has 7 heteroatoms. The normalized spacial score (nSPS) is 17.3. The number of hydrogen-bond acceptors (Lipinski definition) is 6. The zero-order valence-electron chi connectivity index (χ0n) is 20.1. The van der Waals surface area contributed by atoms with Gasteiger partial charge >= 0.3 is 0 Å². The van der Waals surface area contributed by atoms with Crippen molar-refractivity contribution in [2.45, 2.75) is 19.6 Å². The largest absolute Gasteiger partial charge is 0.507 e. The van der Waals surface area contributed by atoms with Gasteiger partial charge in [0.15, 0.2) is 0 Å². The van der Waals surface area contributed by atoms with Crippen molar-refractivity contribution >= 4 is 17.4 Å². The molecule has 4 rings (SSSR count). The third-order valence-electron chi connectivity index (χ3n) is 5.97. The predicted molar refractivity (Wildman–Crippen MR) is 134 cm³/mol. The molecule has 1 unspecified atom stereocenters. The van der Waals surface area contributed by atoms with Gasteiger partial charge < -0.3 is 19.6 Å². The Kier molecular flexibility index (Phi) is 7.27. The summed E-state index contributed by atoms with van der Waals surface area (Å²) in [5.41, 5.74) is 3.47. The Morgan fingerprint density at radius 1 is 1.06 bits per heavy atom. The number of carbonyl (C=O) groups is 2. The number of aliphatic hydroxyl groups excluding tert-OH is 1. The summed E-state index contributed by atoms with van der Waals surface area (Å²) in [5, 5.41) is 11.2. The molecule has 180 valence electrons. The third kappa shape index (κ3) is 5.41. The Morgan fingerprint density at radius 3 is 2.43 bits per heavy atom. The van der Waals surface area contributed by atoms with Crippen LogP contribution in [0.1, 0.15) is 28.3 Å². The molecule has 1 amide bonds. The van der Waals surface area contributed by atoms with E-state index in [1.54, 1.807) is 48.8 Å². The molecule has 2 heterocycles. The number of likely N-dealkylation sites (N-methyl/N-ethyl adjacent to an activating group) is 1. The van der Waals surface area contributed by atoms with E-state index in [2.05, 4.69) is 11.1 Å². The van der Waals surface area contributed by atoms with Gasteiger partial charge in [-0.05, 0) is 68.5 Å². The summed E-state index contributed by atoms with van der Waals surface area (Å²) in [4.78, 5) is 33.5. The molecule has 0 saturated carbocycles. The summed E-state index contributed by atoms with van der Waals surface area (Å²) < 4.78 is 5.87. The van der Waals surface area contributed by atoms with E-state index in [1.807, 2.05) is 44.1 Å². The quantitative estimate of drug-likeness (QED) is 0.304. The number of likely N-dealkylation sites (tertiary alicyclic amines) is 1. The van der Waals surface area contributed by atoms with Crippen LogP contribution in [0.5, 0.6) is 5.75 Å². The second kappa shape index (κ2) is 10.5. The molecule has 2 aromatic carbocycles. The first-order valence-corrected chi connectivity index (χ1v) is 11.5. The molecule has 35 heavy (non-hydrogen) atoms. The van der Waals surface area contributed by atoms with Crippen LogP contribution in [0.3, 0.4) is 0 Å². The van der Waals surface area contributed by atoms with Crippen LogP contribution in [0.2, 0.25) is 0 Å². The SMILES string of the molecule is Cc1cccc(COc2ccc(/C(O)=C3/C(=O)C(=O)N(CCN(C)C)C3c3ccncc3)cc2)c1. The Morgan fingerprint density at radius 2 is 1.77 bits per heavy atom. The number of Topliss-reactive ketones (excluding diaryl/α,β-unsaturated/α-hetero) is 1. The van der Waals surface area contributed by atoms with E-state index in [4.69, 9.17) is 4.74 Å². The molecule has 7 nitrogen and oxygen atoms in total. The highest BCUT2D eigenvalue weighted by Crippen LogP contribution is 2.39. The molecule has 0 bridgehead atoms. The highest BCUT2D eigenvalue weighted by molar-refractivity contribution is 6.46. The van der Waals surface area contributed by atoms with E-state index in [0.29, 0.717) is 31.0 Å². The number of carbonyl (C=O) groups excluding carboxylic acids is 2. The molecule has 1 fully saturated rings. The van der Waals surface area contributed by atoms with Gasteiger partial charge in [-0.2, -0.15) is 0 Å². The van der Waals surface area contributed by atoms with Gasteiger partial charge in [-0.1, -0.05) is 29.8 Å². The van der Waals surface area contributed by atoms with E-state index < -0.39 is 17.7 Å². The van der Waals surface area contributed by atoms with Crippen molar-refractivity contribution in [2.75, 3.05) is 27.2 Å². The van der Waals surface area contributed by atoms with Crippen molar-refractivity contribution in [3.05, 3.63) is 101 Å². The summed E-state index contributed by atoms with van der Waals surface area (Å²) >= 11 is 0. The maximum atomic E-state index is 13.0. The monoisotopic (exact) mass is 471 g/mol. The number of pyridine rings is 1. The van der Waals surface area contributed by atoms with Crippen LogP contribution in [0.25, 0.3) is 5.76 Å². The molecular weight excluding hydrogens is 442 g/mol. The zero-order chi connectivity index (χ0) is 24.9. The zero-order valence-corrected chi connectivity index (χ0v) is 20.1. The van der Waals surface area contributed by atoms with Crippen molar-refractivity contribution in [2.24, 2.45) is 0 Å². The number of aliphatic hydroxyl groups is 1. The van der Waals surface area contributed by atoms with Gasteiger partial charge in [0.2, 0.25) is 0 Å². The lowest BCUT2D eigenvalue weighted by molar-refractivity contribution is -0.140. The number of ketones is 1. The highest BCUT2D eigenvalue weighted by Gasteiger charge is 2.45. The molecule has 1 aromatic heterocycles. The lowest BCUT2D eigenvalue weighted by Gasteiger charge is -2.26. The van der Waals surface area contributed by atoms with Crippen molar-refractivity contribution in [1.29, 1.82) is 0 Å². The maximum Gasteiger partial charge on any atom is 0.295 e. The molecule has 0 spiro atoms. The molecule has 1 atom stereocenters. The van der Waals surface area contributed by atoms with Gasteiger partial charge in [-0.15, -0.1) is 0 Å². The summed E-state index contributed by atoms with van der Waals surface area (Å²) in [6.07, 6.45) is 3.23. The number of amides is 1. The second-order valence-electron chi connectivity index (χ2n) is 8.88. The van der Waals surface area contributed by atoms with Crippen LogP contribution in [0.4, 0.5) is 0 Å². The summed E-state index contributed by atoms with van der Waals surface area (Å²) in [6.45, 7) is 3.39. The van der Waals surface area contributed by atoms with E-state index in [9.17, 15) is 14.7 Å². The van der Waals surface area contributed by atoms with Gasteiger partial charge in [0.1, 0.15) is 18.1 Å². The first-order valence-electron chi connectivity index (χ1n) is 11.5. The maximum absolute atomic E-state index is 13.0. The van der Waals surface area contributed by atoms with Crippen LogP contribution in [0, 0.1) is 6.92 Å². The van der Waals surface area contributed by atoms with Crippen LogP contribution in [-0.4, -0.2) is 58.8 Å². The van der Waals surface area contributed by atoms with E-state index >= 15 is 0 Å². The third-order valence-corrected chi connectivity index (χ3v) is 5.97. The van der Waals surface area contributed by atoms with Gasteiger partial charge in [-0.25, -0.2) is 0 Å². The van der Waals surface area contributed by atoms with Gasteiger partial charge in [0.25, 0.3) is 11.7 Å². The molecule has 3 aromatic rings. The Hall–Kier alpha value is -3.97. The fraction of sp³-hybridized carbons (Fsp3) is 0.250. The van der Waals surface area contributed by atoms with Crippen LogP contribution >= 0.6 is 0 Å². The van der Waals surface area contributed by atoms with Crippen molar-refractivity contribution in [1.82, 2.24) is 14.8 Å². The molecule has 1 aliphatic rings. The fourth-order valence-corrected chi connectivity index (χ4v) is 4.14. The number of nitrogens with zero attached hydrogens (tertiary/aromatic N) is 3. The summed E-state index contributed by atoms with van der Waals surface area (Å²) in [7, 11) is 3.81. The average Bonchev–Trinajstić information content (AvgIpc) is 3.11. The van der Waals surface area contributed by atoms with Crippen LogP contribution in [0.15, 0.2) is 78.6 Å². The molecule has 1 saturated heterocycles.